The molecule has 218 valence electrons. The molecule has 2 aliphatic heterocycles. The molecule has 1 N–H and O–H groups in total. The van der Waals surface area contributed by atoms with Crippen molar-refractivity contribution in [1.29, 1.82) is 0 Å². The number of hydrogen-bond donors (Lipinski definition) is 1. The highest BCUT2D eigenvalue weighted by Crippen LogP contribution is 2.40. The quantitative estimate of drug-likeness (QED) is 0.188. The van der Waals surface area contributed by atoms with Crippen molar-refractivity contribution >= 4 is 40.6 Å². The Labute approximate surface area is 254 Å². The number of nitrogens with one attached hydrogen (secondary N) is 1. The Morgan fingerprint density at radius 2 is 1.88 bits per heavy atom. The minimum absolute atomic E-state index is 0.129. The number of methoxy groups -OCH3 is 1. The zero-order valence-electron chi connectivity index (χ0n) is 23.3. The second-order valence-electron chi connectivity index (χ2n) is 10.4. The summed E-state index contributed by atoms with van der Waals surface area (Å²) in [5.74, 6) is 1.19. The Kier molecular flexibility index (Phi) is 8.73. The van der Waals surface area contributed by atoms with Crippen LogP contribution in [-0.4, -0.2) is 55.6 Å². The molecule has 4 aromatic rings. The molecule has 6 rings (SSSR count). The Morgan fingerprint density at radius 1 is 1.10 bits per heavy atom. The normalized spacial score (nSPS) is 16.7. The van der Waals surface area contributed by atoms with Gasteiger partial charge in [-0.25, -0.2) is 0 Å². The number of rotatable bonds is 9. The summed E-state index contributed by atoms with van der Waals surface area (Å²) in [7, 11) is 1.59. The average molecular weight is 606 g/mol. The maximum Gasteiger partial charge on any atom is 0.254 e. The molecule has 0 spiro atoms. The first kappa shape index (κ1) is 28.6. The molecule has 1 unspecified atom stereocenters. The predicted molar refractivity (Wildman–Crippen MR) is 164 cm³/mol. The maximum absolute atomic E-state index is 13.5. The summed E-state index contributed by atoms with van der Waals surface area (Å²) in [6.45, 7) is 4.83. The predicted octanol–water partition coefficient (Wildman–Crippen LogP) is 5.90. The van der Waals surface area contributed by atoms with Crippen LogP contribution < -0.4 is 14.8 Å². The Balaban J connectivity index is 1.39. The van der Waals surface area contributed by atoms with E-state index in [1.807, 2.05) is 54.7 Å². The van der Waals surface area contributed by atoms with Crippen LogP contribution in [0, 0.1) is 4.51 Å². The molecule has 42 heavy (non-hydrogen) atoms. The number of carbonyl (C=O) groups excluding carboxylic acids is 1. The van der Waals surface area contributed by atoms with Gasteiger partial charge in [0.25, 0.3) is 5.91 Å². The van der Waals surface area contributed by atoms with Crippen molar-refractivity contribution < 1.29 is 23.7 Å². The first-order chi connectivity index (χ1) is 20.5. The third-order valence-electron chi connectivity index (χ3n) is 7.55. The van der Waals surface area contributed by atoms with Gasteiger partial charge < -0.3 is 28.8 Å². The van der Waals surface area contributed by atoms with E-state index in [0.29, 0.717) is 47.1 Å². The molecule has 10 heteroatoms. The Morgan fingerprint density at radius 3 is 2.67 bits per heavy atom. The highest BCUT2D eigenvalue weighted by molar-refractivity contribution is 7.71. The number of hydrogen-bond acceptors (Lipinski definition) is 7. The number of morpholine rings is 1. The van der Waals surface area contributed by atoms with E-state index in [9.17, 15) is 4.79 Å². The first-order valence-electron chi connectivity index (χ1n) is 13.9. The van der Waals surface area contributed by atoms with E-state index >= 15 is 0 Å². The summed E-state index contributed by atoms with van der Waals surface area (Å²) in [5.41, 5.74) is 4.25. The van der Waals surface area contributed by atoms with Gasteiger partial charge in [0, 0.05) is 55.5 Å². The molecule has 0 aliphatic carbocycles. The Hall–Kier alpha value is -3.47. The molecule has 1 fully saturated rings. The zero-order valence-corrected chi connectivity index (χ0v) is 24.9. The Bertz CT molecular complexity index is 1650. The van der Waals surface area contributed by atoms with Crippen molar-refractivity contribution in [3.63, 3.8) is 0 Å². The van der Waals surface area contributed by atoms with Gasteiger partial charge in [0.05, 0.1) is 35.3 Å². The molecule has 1 amide bonds. The molecule has 3 heterocycles. The summed E-state index contributed by atoms with van der Waals surface area (Å²) < 4.78 is 25.8. The number of pyridine rings is 1. The topological polar surface area (TPSA) is 74.2 Å². The van der Waals surface area contributed by atoms with Crippen LogP contribution in [0.4, 0.5) is 0 Å². The van der Waals surface area contributed by atoms with Gasteiger partial charge in [0.2, 0.25) is 0 Å². The van der Waals surface area contributed by atoms with Crippen molar-refractivity contribution in [3.8, 4) is 11.5 Å². The van der Waals surface area contributed by atoms with Crippen LogP contribution in [0.3, 0.4) is 0 Å². The molecular weight excluding hydrogens is 574 g/mol. The van der Waals surface area contributed by atoms with Gasteiger partial charge in [-0.3, -0.25) is 9.69 Å². The molecule has 1 saturated heterocycles. The SMILES string of the molecule is COCOc1ccccc1C1Cn2cc(C(=O)NCc3ccc(Cl)cc3)c(=S)c3cc(CN4CCOCC4)cc(c32)O1. The van der Waals surface area contributed by atoms with Gasteiger partial charge in [-0.1, -0.05) is 54.2 Å². The van der Waals surface area contributed by atoms with E-state index in [1.54, 1.807) is 7.11 Å². The molecule has 1 aromatic heterocycles. The van der Waals surface area contributed by atoms with Gasteiger partial charge >= 0.3 is 0 Å². The fourth-order valence-corrected chi connectivity index (χ4v) is 5.90. The van der Waals surface area contributed by atoms with Crippen molar-refractivity contribution in [3.05, 3.63) is 98.6 Å². The summed E-state index contributed by atoms with van der Waals surface area (Å²) in [5, 5.41) is 4.51. The highest BCUT2D eigenvalue weighted by Gasteiger charge is 2.28. The van der Waals surface area contributed by atoms with Gasteiger partial charge in [0.1, 0.15) is 17.6 Å². The highest BCUT2D eigenvalue weighted by atomic mass is 35.5. The minimum atomic E-state index is -0.349. The largest absolute Gasteiger partial charge is 0.481 e. The van der Waals surface area contributed by atoms with E-state index < -0.39 is 0 Å². The maximum atomic E-state index is 13.5. The number of ether oxygens (including phenoxy) is 4. The van der Waals surface area contributed by atoms with Crippen molar-refractivity contribution in [2.75, 3.05) is 40.2 Å². The number of amides is 1. The lowest BCUT2D eigenvalue weighted by Crippen LogP contribution is -2.35. The minimum Gasteiger partial charge on any atom is -0.481 e. The summed E-state index contributed by atoms with van der Waals surface area (Å²) >= 11 is 12.0. The second kappa shape index (κ2) is 12.8. The van der Waals surface area contributed by atoms with Crippen LogP contribution in [0.25, 0.3) is 10.9 Å². The van der Waals surface area contributed by atoms with E-state index in [1.165, 1.54) is 0 Å². The van der Waals surface area contributed by atoms with E-state index in [0.717, 1.165) is 53.0 Å². The number of carbonyl (C=O) groups is 1. The van der Waals surface area contributed by atoms with Crippen molar-refractivity contribution in [2.45, 2.75) is 25.7 Å². The fourth-order valence-electron chi connectivity index (χ4n) is 5.47. The van der Waals surface area contributed by atoms with Crippen LogP contribution in [0.1, 0.15) is 33.2 Å². The number of benzene rings is 3. The monoisotopic (exact) mass is 605 g/mol. The number of aromatic nitrogens is 1. The first-order valence-corrected chi connectivity index (χ1v) is 14.7. The lowest BCUT2D eigenvalue weighted by Gasteiger charge is -2.31. The van der Waals surface area contributed by atoms with Gasteiger partial charge in [-0.15, -0.1) is 0 Å². The van der Waals surface area contributed by atoms with E-state index in [4.69, 9.17) is 42.8 Å². The summed E-state index contributed by atoms with van der Waals surface area (Å²) in [4.78, 5) is 15.9. The number of para-hydroxylation sites is 1. The van der Waals surface area contributed by atoms with Crippen LogP contribution in [0.2, 0.25) is 5.02 Å². The van der Waals surface area contributed by atoms with Gasteiger partial charge in [-0.05, 0) is 41.5 Å². The van der Waals surface area contributed by atoms with Crippen LogP contribution in [0.15, 0.2) is 66.9 Å². The van der Waals surface area contributed by atoms with Crippen molar-refractivity contribution in [1.82, 2.24) is 14.8 Å². The lowest BCUT2D eigenvalue weighted by atomic mass is 10.0. The number of nitrogens with zero attached hydrogens (tertiary/aromatic N) is 2. The van der Waals surface area contributed by atoms with Crippen molar-refractivity contribution in [2.24, 2.45) is 0 Å². The molecular formula is C32H32ClN3O5S. The third kappa shape index (κ3) is 6.16. The fraction of sp³-hybridized carbons (Fsp3) is 0.312. The van der Waals surface area contributed by atoms with Crippen LogP contribution in [-0.2, 0) is 29.1 Å². The van der Waals surface area contributed by atoms with Crippen LogP contribution >= 0.6 is 23.8 Å². The second-order valence-corrected chi connectivity index (χ2v) is 11.3. The third-order valence-corrected chi connectivity index (χ3v) is 8.24. The molecule has 2 aliphatic rings. The molecule has 3 aromatic carbocycles. The van der Waals surface area contributed by atoms with Crippen LogP contribution in [0.5, 0.6) is 11.5 Å². The molecule has 0 saturated carbocycles. The van der Waals surface area contributed by atoms with Gasteiger partial charge in [0.15, 0.2) is 6.79 Å². The summed E-state index contributed by atoms with van der Waals surface area (Å²) in [6.07, 6.45) is 1.50. The molecule has 8 nitrogen and oxygen atoms in total. The summed E-state index contributed by atoms with van der Waals surface area (Å²) in [6, 6.07) is 19.4. The smallest absolute Gasteiger partial charge is 0.254 e. The van der Waals surface area contributed by atoms with Gasteiger partial charge in [-0.2, -0.15) is 0 Å². The molecule has 1 atom stereocenters. The standard InChI is InChI=1S/C32H32ClN3O5S/c1-38-20-40-27-5-3-2-4-24(27)29-19-36-18-26(32(37)34-16-21-6-8-23(33)9-7-21)31(42)25-14-22(15-28(41-29)30(25)36)17-35-10-12-39-13-11-35/h2-9,14-15,18,29H,10-13,16-17,19-20H2,1H3,(H,34,37). The average Bonchev–Trinajstić information content (AvgIpc) is 3.01. The molecule has 0 radical (unpaired) electrons. The van der Waals surface area contributed by atoms with E-state index in [-0.39, 0.29) is 18.8 Å². The number of halogens is 1. The zero-order chi connectivity index (χ0) is 29.1. The van der Waals surface area contributed by atoms with E-state index in [2.05, 4.69) is 26.9 Å². The lowest BCUT2D eigenvalue weighted by molar-refractivity contribution is 0.0341. The molecule has 0 bridgehead atoms.